The van der Waals surface area contributed by atoms with Crippen molar-refractivity contribution in [2.24, 2.45) is 0 Å². The van der Waals surface area contributed by atoms with Gasteiger partial charge in [0.25, 0.3) is 0 Å². The maximum absolute atomic E-state index is 9.54. The van der Waals surface area contributed by atoms with Gasteiger partial charge in [-0.1, -0.05) is 27.2 Å². The van der Waals surface area contributed by atoms with Crippen LogP contribution in [0.4, 0.5) is 0 Å². The van der Waals surface area contributed by atoms with Crippen molar-refractivity contribution in [2.75, 3.05) is 6.61 Å². The molecule has 2 atom stereocenters. The zero-order valence-electron chi connectivity index (χ0n) is 8.25. The second-order valence-electron chi connectivity index (χ2n) is 3.47. The summed E-state index contributed by atoms with van der Waals surface area (Å²) in [5.74, 6) is 0. The first-order valence-electron chi connectivity index (χ1n) is 4.66. The molecule has 74 valence electrons. The number of aliphatic hydroxyl groups is 2. The number of aliphatic hydroxyl groups excluding tert-OH is 2. The van der Waals surface area contributed by atoms with Gasteiger partial charge in [-0.3, -0.25) is 0 Å². The standard InChI is InChI=1S/C9H21NO2/c1-4-5-9(12)8(6-11)10-7(2)3/h7-12H,4-6H2,1-3H3/t8?,9-/m0/s1. The van der Waals surface area contributed by atoms with Crippen LogP contribution in [0.15, 0.2) is 0 Å². The Morgan fingerprint density at radius 1 is 1.33 bits per heavy atom. The molecule has 0 aliphatic carbocycles. The summed E-state index contributed by atoms with van der Waals surface area (Å²) < 4.78 is 0. The van der Waals surface area contributed by atoms with E-state index in [1.165, 1.54) is 0 Å². The number of rotatable bonds is 6. The smallest absolute Gasteiger partial charge is 0.0715 e. The highest BCUT2D eigenvalue weighted by atomic mass is 16.3. The monoisotopic (exact) mass is 175 g/mol. The average molecular weight is 175 g/mol. The fourth-order valence-corrected chi connectivity index (χ4v) is 1.21. The molecule has 0 rings (SSSR count). The fourth-order valence-electron chi connectivity index (χ4n) is 1.21. The summed E-state index contributed by atoms with van der Waals surface area (Å²) in [6, 6.07) is 0.124. The summed E-state index contributed by atoms with van der Waals surface area (Å²) in [6.45, 7) is 6.02. The molecule has 0 aromatic heterocycles. The maximum atomic E-state index is 9.54. The van der Waals surface area contributed by atoms with Crippen molar-refractivity contribution in [3.05, 3.63) is 0 Å². The molecule has 12 heavy (non-hydrogen) atoms. The summed E-state index contributed by atoms with van der Waals surface area (Å²) in [6.07, 6.45) is 1.25. The van der Waals surface area contributed by atoms with Crippen molar-refractivity contribution >= 4 is 0 Å². The van der Waals surface area contributed by atoms with Crippen LogP contribution in [0.3, 0.4) is 0 Å². The van der Waals surface area contributed by atoms with Gasteiger partial charge in [0.15, 0.2) is 0 Å². The van der Waals surface area contributed by atoms with E-state index in [0.29, 0.717) is 6.04 Å². The van der Waals surface area contributed by atoms with Crippen LogP contribution >= 0.6 is 0 Å². The first kappa shape index (κ1) is 11.9. The van der Waals surface area contributed by atoms with Crippen molar-refractivity contribution in [3.8, 4) is 0 Å². The van der Waals surface area contributed by atoms with E-state index < -0.39 is 6.10 Å². The molecular formula is C9H21NO2. The third-order valence-electron chi connectivity index (χ3n) is 1.79. The van der Waals surface area contributed by atoms with E-state index in [4.69, 9.17) is 5.11 Å². The van der Waals surface area contributed by atoms with Gasteiger partial charge in [0.1, 0.15) is 0 Å². The van der Waals surface area contributed by atoms with E-state index in [1.54, 1.807) is 0 Å². The SMILES string of the molecule is CCC[C@H](O)C(CO)NC(C)C. The average Bonchev–Trinajstić information content (AvgIpc) is 2.00. The Balaban J connectivity index is 3.78. The van der Waals surface area contributed by atoms with Gasteiger partial charge in [-0.05, 0) is 6.42 Å². The highest BCUT2D eigenvalue weighted by Gasteiger charge is 2.17. The quantitative estimate of drug-likeness (QED) is 0.551. The molecule has 0 aliphatic heterocycles. The van der Waals surface area contributed by atoms with E-state index in [2.05, 4.69) is 5.32 Å². The van der Waals surface area contributed by atoms with E-state index in [9.17, 15) is 5.11 Å². The lowest BCUT2D eigenvalue weighted by Crippen LogP contribution is -2.45. The zero-order chi connectivity index (χ0) is 9.56. The molecule has 0 spiro atoms. The Bertz CT molecular complexity index is 107. The fraction of sp³-hybridized carbons (Fsp3) is 1.00. The van der Waals surface area contributed by atoms with Crippen molar-refractivity contribution in [1.29, 1.82) is 0 Å². The van der Waals surface area contributed by atoms with Crippen LogP contribution in [0.1, 0.15) is 33.6 Å². The molecule has 0 bridgehead atoms. The molecule has 3 N–H and O–H groups in total. The highest BCUT2D eigenvalue weighted by Crippen LogP contribution is 2.02. The topological polar surface area (TPSA) is 52.5 Å². The summed E-state index contributed by atoms with van der Waals surface area (Å²) in [5.41, 5.74) is 0. The predicted molar refractivity (Wildman–Crippen MR) is 50.1 cm³/mol. The molecule has 0 fully saturated rings. The number of hydrogen-bond donors (Lipinski definition) is 3. The van der Waals surface area contributed by atoms with Crippen LogP contribution in [0, 0.1) is 0 Å². The molecule has 0 saturated heterocycles. The minimum atomic E-state index is -0.428. The number of hydrogen-bond acceptors (Lipinski definition) is 3. The van der Waals surface area contributed by atoms with Gasteiger partial charge in [0, 0.05) is 6.04 Å². The molecular weight excluding hydrogens is 154 g/mol. The molecule has 0 radical (unpaired) electrons. The Morgan fingerprint density at radius 2 is 1.92 bits per heavy atom. The summed E-state index contributed by atoms with van der Waals surface area (Å²) in [5, 5.41) is 21.6. The first-order chi connectivity index (χ1) is 5.61. The summed E-state index contributed by atoms with van der Waals surface area (Å²) in [7, 11) is 0. The highest BCUT2D eigenvalue weighted by molar-refractivity contribution is 4.76. The molecule has 3 nitrogen and oxygen atoms in total. The van der Waals surface area contributed by atoms with Crippen LogP contribution in [0.5, 0.6) is 0 Å². The normalized spacial score (nSPS) is 16.5. The molecule has 0 aliphatic rings. The van der Waals surface area contributed by atoms with Crippen molar-refractivity contribution in [2.45, 2.75) is 51.8 Å². The third-order valence-corrected chi connectivity index (χ3v) is 1.79. The van der Waals surface area contributed by atoms with E-state index in [1.807, 2.05) is 20.8 Å². The zero-order valence-corrected chi connectivity index (χ0v) is 8.25. The third kappa shape index (κ3) is 4.70. The Labute approximate surface area is 74.8 Å². The van der Waals surface area contributed by atoms with Gasteiger partial charge in [0.05, 0.1) is 18.8 Å². The van der Waals surface area contributed by atoms with Gasteiger partial charge in [-0.2, -0.15) is 0 Å². The summed E-state index contributed by atoms with van der Waals surface area (Å²) in [4.78, 5) is 0. The minimum Gasteiger partial charge on any atom is -0.395 e. The maximum Gasteiger partial charge on any atom is 0.0715 e. The Hall–Kier alpha value is -0.120. The molecule has 3 heteroatoms. The van der Waals surface area contributed by atoms with Crippen molar-refractivity contribution in [3.63, 3.8) is 0 Å². The van der Waals surface area contributed by atoms with Crippen LogP contribution in [-0.4, -0.2) is 35.0 Å². The van der Waals surface area contributed by atoms with Gasteiger partial charge in [0.2, 0.25) is 0 Å². The largest absolute Gasteiger partial charge is 0.395 e. The molecule has 0 heterocycles. The number of nitrogens with one attached hydrogen (secondary N) is 1. The van der Waals surface area contributed by atoms with Gasteiger partial charge < -0.3 is 15.5 Å². The molecule has 0 aromatic carbocycles. The van der Waals surface area contributed by atoms with Crippen molar-refractivity contribution in [1.82, 2.24) is 5.32 Å². The van der Waals surface area contributed by atoms with Crippen LogP contribution in [0.25, 0.3) is 0 Å². The van der Waals surface area contributed by atoms with E-state index in [-0.39, 0.29) is 12.6 Å². The second kappa shape index (κ2) is 6.40. The predicted octanol–water partition coefficient (Wildman–Crippen LogP) is 0.506. The minimum absolute atomic E-state index is 0.000648. The molecule has 0 saturated carbocycles. The summed E-state index contributed by atoms with van der Waals surface area (Å²) >= 11 is 0. The van der Waals surface area contributed by atoms with Gasteiger partial charge in [-0.15, -0.1) is 0 Å². The lowest BCUT2D eigenvalue weighted by atomic mass is 10.1. The lowest BCUT2D eigenvalue weighted by Gasteiger charge is -2.23. The second-order valence-corrected chi connectivity index (χ2v) is 3.47. The Morgan fingerprint density at radius 3 is 2.25 bits per heavy atom. The van der Waals surface area contributed by atoms with Gasteiger partial charge in [-0.25, -0.2) is 0 Å². The lowest BCUT2D eigenvalue weighted by molar-refractivity contribution is 0.0787. The van der Waals surface area contributed by atoms with Gasteiger partial charge >= 0.3 is 0 Å². The van der Waals surface area contributed by atoms with E-state index >= 15 is 0 Å². The molecule has 0 amide bonds. The molecule has 0 aromatic rings. The van der Waals surface area contributed by atoms with Crippen molar-refractivity contribution < 1.29 is 10.2 Å². The van der Waals surface area contributed by atoms with Crippen LogP contribution in [-0.2, 0) is 0 Å². The van der Waals surface area contributed by atoms with Crippen LogP contribution in [0.2, 0.25) is 0 Å². The van der Waals surface area contributed by atoms with E-state index in [0.717, 1.165) is 12.8 Å². The van der Waals surface area contributed by atoms with Crippen LogP contribution < -0.4 is 5.32 Å². The molecule has 1 unspecified atom stereocenters. The Kier molecular flexibility index (Phi) is 6.34. The first-order valence-corrected chi connectivity index (χ1v) is 4.66.